The number of nitrogens with one attached hydrogen (secondary N) is 1. The van der Waals surface area contributed by atoms with Crippen LogP contribution in [0, 0.1) is 12.8 Å². The predicted octanol–water partition coefficient (Wildman–Crippen LogP) is 2.86. The molecule has 24 heavy (non-hydrogen) atoms. The number of nitrogens with zero attached hydrogens (tertiary/aromatic N) is 2. The fraction of sp³-hybridized carbons (Fsp3) is 0.333. The van der Waals surface area contributed by atoms with Gasteiger partial charge in [0.15, 0.2) is 0 Å². The molecule has 0 radical (unpaired) electrons. The molecule has 4 rings (SSSR count). The summed E-state index contributed by atoms with van der Waals surface area (Å²) in [6.07, 6.45) is 2.37. The van der Waals surface area contributed by atoms with Gasteiger partial charge in [0.25, 0.3) is 5.91 Å². The maximum atomic E-state index is 12.4. The van der Waals surface area contributed by atoms with Gasteiger partial charge in [-0.1, -0.05) is 18.2 Å². The van der Waals surface area contributed by atoms with Crippen LogP contribution in [-0.4, -0.2) is 28.3 Å². The molecular formula is C18H20N4OS. The summed E-state index contributed by atoms with van der Waals surface area (Å²) in [5.41, 5.74) is 7.99. The number of carbonyl (C=O) groups excluding carboxylic acids is 1. The summed E-state index contributed by atoms with van der Waals surface area (Å²) < 4.78 is 1.90. The van der Waals surface area contributed by atoms with Crippen LogP contribution in [0.5, 0.6) is 0 Å². The summed E-state index contributed by atoms with van der Waals surface area (Å²) in [5.74, 6) is 0.535. The Morgan fingerprint density at radius 1 is 1.42 bits per heavy atom. The molecule has 6 heteroatoms. The number of nitrogens with two attached hydrogens (primary N) is 1. The zero-order valence-electron chi connectivity index (χ0n) is 13.5. The maximum absolute atomic E-state index is 12.4. The van der Waals surface area contributed by atoms with Crippen LogP contribution >= 0.6 is 11.3 Å². The highest BCUT2D eigenvalue weighted by Crippen LogP contribution is 2.32. The van der Waals surface area contributed by atoms with Gasteiger partial charge in [-0.25, -0.2) is 4.68 Å². The first kappa shape index (κ1) is 15.4. The van der Waals surface area contributed by atoms with Gasteiger partial charge in [-0.3, -0.25) is 4.79 Å². The second-order valence-electron chi connectivity index (χ2n) is 6.37. The summed E-state index contributed by atoms with van der Waals surface area (Å²) in [4.78, 5) is 14.1. The number of rotatable bonds is 5. The van der Waals surface area contributed by atoms with Gasteiger partial charge in [-0.05, 0) is 43.9 Å². The highest BCUT2D eigenvalue weighted by molar-refractivity contribution is 7.20. The number of carbonyl (C=O) groups is 1. The van der Waals surface area contributed by atoms with Crippen LogP contribution < -0.4 is 11.1 Å². The lowest BCUT2D eigenvalue weighted by atomic mass is 10.2. The van der Waals surface area contributed by atoms with Crippen molar-refractivity contribution in [2.45, 2.75) is 25.8 Å². The topological polar surface area (TPSA) is 72.9 Å². The van der Waals surface area contributed by atoms with Gasteiger partial charge >= 0.3 is 0 Å². The van der Waals surface area contributed by atoms with Crippen LogP contribution in [0.2, 0.25) is 0 Å². The van der Waals surface area contributed by atoms with Gasteiger partial charge in [-0.2, -0.15) is 5.10 Å². The number of fused-ring (bicyclic) bond motifs is 1. The Kier molecular flexibility index (Phi) is 3.86. The molecule has 3 aromatic rings. The van der Waals surface area contributed by atoms with Crippen molar-refractivity contribution in [3.05, 3.63) is 47.0 Å². The molecule has 2 aromatic heterocycles. The van der Waals surface area contributed by atoms with Crippen molar-refractivity contribution in [2.24, 2.45) is 11.7 Å². The summed E-state index contributed by atoms with van der Waals surface area (Å²) in [6.45, 7) is 2.51. The molecule has 5 nitrogen and oxygen atoms in total. The minimum absolute atomic E-state index is 0.0497. The SMILES string of the molecule is Cc1nn(-c2ccccc2)c2sc(C(=O)NCC(N)C3CC3)cc12. The van der Waals surface area contributed by atoms with Crippen molar-refractivity contribution in [1.82, 2.24) is 15.1 Å². The molecule has 1 unspecified atom stereocenters. The largest absolute Gasteiger partial charge is 0.350 e. The molecule has 1 atom stereocenters. The van der Waals surface area contributed by atoms with E-state index in [-0.39, 0.29) is 11.9 Å². The van der Waals surface area contributed by atoms with Crippen molar-refractivity contribution in [1.29, 1.82) is 0 Å². The van der Waals surface area contributed by atoms with Crippen LogP contribution in [0.3, 0.4) is 0 Å². The first-order valence-electron chi connectivity index (χ1n) is 8.22. The van der Waals surface area contributed by atoms with Crippen molar-refractivity contribution < 1.29 is 4.79 Å². The molecule has 0 bridgehead atoms. The minimum atomic E-state index is -0.0497. The monoisotopic (exact) mass is 340 g/mol. The molecule has 124 valence electrons. The van der Waals surface area contributed by atoms with E-state index >= 15 is 0 Å². The normalized spacial score (nSPS) is 15.6. The molecule has 0 aliphatic heterocycles. The van der Waals surface area contributed by atoms with Crippen LogP contribution in [0.25, 0.3) is 15.9 Å². The highest BCUT2D eigenvalue weighted by Gasteiger charge is 2.28. The van der Waals surface area contributed by atoms with E-state index in [1.807, 2.05) is 48.0 Å². The smallest absolute Gasteiger partial charge is 0.261 e. The lowest BCUT2D eigenvalue weighted by Gasteiger charge is -2.10. The minimum Gasteiger partial charge on any atom is -0.350 e. The van der Waals surface area contributed by atoms with Crippen molar-refractivity contribution >= 4 is 27.5 Å². The van der Waals surface area contributed by atoms with Gasteiger partial charge in [-0.15, -0.1) is 11.3 Å². The van der Waals surface area contributed by atoms with Crippen LogP contribution in [0.4, 0.5) is 0 Å². The molecule has 1 aliphatic rings. The maximum Gasteiger partial charge on any atom is 0.261 e. The molecule has 0 saturated heterocycles. The van der Waals surface area contributed by atoms with Crippen LogP contribution in [-0.2, 0) is 0 Å². The number of hydrogen-bond acceptors (Lipinski definition) is 4. The van der Waals surface area contributed by atoms with Crippen molar-refractivity contribution in [2.75, 3.05) is 6.54 Å². The van der Waals surface area contributed by atoms with E-state index in [2.05, 4.69) is 10.4 Å². The van der Waals surface area contributed by atoms with E-state index in [0.29, 0.717) is 17.3 Å². The molecule has 1 saturated carbocycles. The number of thiophene rings is 1. The fourth-order valence-electron chi connectivity index (χ4n) is 2.89. The van der Waals surface area contributed by atoms with E-state index in [1.165, 1.54) is 24.2 Å². The molecule has 0 spiro atoms. The zero-order chi connectivity index (χ0) is 16.7. The van der Waals surface area contributed by atoms with Crippen LogP contribution in [0.1, 0.15) is 28.2 Å². The number of para-hydroxylation sites is 1. The molecule has 1 aromatic carbocycles. The predicted molar refractivity (Wildman–Crippen MR) is 96.7 cm³/mol. The van der Waals surface area contributed by atoms with Gasteiger partial charge in [0.05, 0.1) is 16.3 Å². The third-order valence-corrected chi connectivity index (χ3v) is 5.60. The first-order valence-corrected chi connectivity index (χ1v) is 9.03. The molecule has 1 aliphatic carbocycles. The Bertz CT molecular complexity index is 879. The summed E-state index contributed by atoms with van der Waals surface area (Å²) >= 11 is 1.47. The number of aryl methyl sites for hydroxylation is 1. The van der Waals surface area contributed by atoms with Gasteiger partial charge in [0.1, 0.15) is 4.83 Å². The highest BCUT2D eigenvalue weighted by atomic mass is 32.1. The number of amides is 1. The average molecular weight is 340 g/mol. The Hall–Kier alpha value is -2.18. The van der Waals surface area contributed by atoms with E-state index < -0.39 is 0 Å². The molecule has 2 heterocycles. The van der Waals surface area contributed by atoms with E-state index in [1.54, 1.807) is 0 Å². The summed E-state index contributed by atoms with van der Waals surface area (Å²) in [6, 6.07) is 12.0. The summed E-state index contributed by atoms with van der Waals surface area (Å²) in [7, 11) is 0. The Morgan fingerprint density at radius 3 is 2.88 bits per heavy atom. The summed E-state index contributed by atoms with van der Waals surface area (Å²) in [5, 5.41) is 8.60. The second kappa shape index (κ2) is 6.03. The average Bonchev–Trinajstić information content (AvgIpc) is 3.28. The third kappa shape index (κ3) is 2.83. The van der Waals surface area contributed by atoms with E-state index in [4.69, 9.17) is 5.73 Å². The van der Waals surface area contributed by atoms with E-state index in [9.17, 15) is 4.79 Å². The quantitative estimate of drug-likeness (QED) is 0.750. The van der Waals surface area contributed by atoms with Gasteiger partial charge in [0.2, 0.25) is 0 Å². The fourth-order valence-corrected chi connectivity index (χ4v) is 3.99. The number of aromatic nitrogens is 2. The Balaban J connectivity index is 1.60. The van der Waals surface area contributed by atoms with Crippen molar-refractivity contribution in [3.63, 3.8) is 0 Å². The number of benzene rings is 1. The molecular weight excluding hydrogens is 320 g/mol. The van der Waals surface area contributed by atoms with Crippen molar-refractivity contribution in [3.8, 4) is 5.69 Å². The standard InChI is InChI=1S/C18H20N4OS/c1-11-14-9-16(17(23)20-10-15(19)12-7-8-12)24-18(14)22(21-11)13-5-3-2-4-6-13/h2-6,9,12,15H,7-8,10,19H2,1H3,(H,20,23). The third-order valence-electron chi connectivity index (χ3n) is 4.50. The molecule has 1 amide bonds. The second-order valence-corrected chi connectivity index (χ2v) is 7.40. The Labute approximate surface area is 144 Å². The van der Waals surface area contributed by atoms with Crippen LogP contribution in [0.15, 0.2) is 36.4 Å². The number of hydrogen-bond donors (Lipinski definition) is 2. The molecule has 1 fully saturated rings. The van der Waals surface area contributed by atoms with Gasteiger partial charge < -0.3 is 11.1 Å². The lowest BCUT2D eigenvalue weighted by molar-refractivity contribution is 0.0954. The first-order chi connectivity index (χ1) is 11.6. The van der Waals surface area contributed by atoms with E-state index in [0.717, 1.165) is 21.6 Å². The Morgan fingerprint density at radius 2 is 2.17 bits per heavy atom. The lowest BCUT2D eigenvalue weighted by Crippen LogP contribution is -2.38. The molecule has 3 N–H and O–H groups in total. The zero-order valence-corrected chi connectivity index (χ0v) is 14.3. The van der Waals surface area contributed by atoms with Gasteiger partial charge in [0, 0.05) is 18.0 Å².